The molecule has 124 valence electrons. The summed E-state index contributed by atoms with van der Waals surface area (Å²) in [4.78, 5) is 3.56. The minimum atomic E-state index is -4.10. The van der Waals surface area contributed by atoms with Gasteiger partial charge in [0.15, 0.2) is 5.82 Å². The molecule has 0 unspecified atom stereocenters. The fourth-order valence-corrected chi connectivity index (χ4v) is 3.09. The van der Waals surface area contributed by atoms with Crippen molar-refractivity contribution >= 4 is 10.0 Å². The minimum absolute atomic E-state index is 0.0778. The first-order valence-electron chi connectivity index (χ1n) is 6.85. The van der Waals surface area contributed by atoms with Crippen LogP contribution in [0.4, 0.5) is 8.78 Å². The van der Waals surface area contributed by atoms with E-state index in [0.717, 1.165) is 12.1 Å². The summed E-state index contributed by atoms with van der Waals surface area (Å²) in [6, 6.07) is 7.39. The largest absolute Gasteiger partial charge is 0.243 e. The second-order valence-corrected chi connectivity index (χ2v) is 6.61. The first kappa shape index (κ1) is 16.2. The van der Waals surface area contributed by atoms with Crippen LogP contribution in [0.3, 0.4) is 0 Å². The van der Waals surface area contributed by atoms with Gasteiger partial charge in [0.1, 0.15) is 16.5 Å². The van der Waals surface area contributed by atoms with Crippen LogP contribution in [0.1, 0.15) is 5.56 Å². The van der Waals surface area contributed by atoms with Crippen molar-refractivity contribution in [3.8, 4) is 5.82 Å². The average Bonchev–Trinajstić information content (AvgIpc) is 3.07. The molecule has 3 aromatic rings. The number of sulfonamides is 1. The highest BCUT2D eigenvalue weighted by molar-refractivity contribution is 7.89. The number of nitrogens with zero attached hydrogens (tertiary/aromatic N) is 3. The molecule has 3 rings (SSSR count). The Morgan fingerprint density at radius 2 is 2.00 bits per heavy atom. The van der Waals surface area contributed by atoms with Crippen LogP contribution >= 0.6 is 0 Å². The molecule has 6 nitrogen and oxygen atoms in total. The van der Waals surface area contributed by atoms with E-state index in [1.807, 2.05) is 0 Å². The third-order valence-electron chi connectivity index (χ3n) is 3.20. The molecule has 0 aliphatic heterocycles. The predicted molar refractivity (Wildman–Crippen MR) is 81.7 cm³/mol. The number of halogens is 2. The standard InChI is InChI=1S/C15H12F2N4O2S/c16-12-3-4-14(13(17)8-12)24(22,23)20-10-11-2-5-15(18-9-11)21-7-1-6-19-21/h1-9,20H,10H2. The van der Waals surface area contributed by atoms with Gasteiger partial charge in [-0.2, -0.15) is 5.10 Å². The third kappa shape index (κ3) is 3.47. The fourth-order valence-electron chi connectivity index (χ4n) is 2.01. The zero-order valence-corrected chi connectivity index (χ0v) is 13.0. The van der Waals surface area contributed by atoms with Crippen molar-refractivity contribution < 1.29 is 17.2 Å². The normalized spacial score (nSPS) is 11.6. The molecular formula is C15H12F2N4O2S. The number of hydrogen-bond acceptors (Lipinski definition) is 4. The Balaban J connectivity index is 1.73. The number of nitrogens with one attached hydrogen (secondary N) is 1. The number of aromatic nitrogens is 3. The first-order chi connectivity index (χ1) is 11.5. The molecule has 0 saturated heterocycles. The molecule has 0 atom stereocenters. The third-order valence-corrected chi connectivity index (χ3v) is 4.63. The van der Waals surface area contributed by atoms with Crippen LogP contribution in [0.15, 0.2) is 59.9 Å². The lowest BCUT2D eigenvalue weighted by atomic mass is 10.3. The van der Waals surface area contributed by atoms with Gasteiger partial charge in [-0.05, 0) is 29.8 Å². The average molecular weight is 350 g/mol. The number of rotatable bonds is 5. The fraction of sp³-hybridized carbons (Fsp3) is 0.0667. The SMILES string of the molecule is O=S(=O)(NCc1ccc(-n2cccn2)nc1)c1ccc(F)cc1F. The molecule has 0 fully saturated rings. The Bertz CT molecular complexity index is 942. The summed E-state index contributed by atoms with van der Waals surface area (Å²) < 4.78 is 54.4. The van der Waals surface area contributed by atoms with Crippen molar-refractivity contribution in [2.75, 3.05) is 0 Å². The van der Waals surface area contributed by atoms with E-state index in [4.69, 9.17) is 0 Å². The summed E-state index contributed by atoms with van der Waals surface area (Å²) in [7, 11) is -4.10. The molecule has 1 aromatic carbocycles. The van der Waals surface area contributed by atoms with Gasteiger partial charge in [0.25, 0.3) is 0 Å². The number of pyridine rings is 1. The van der Waals surface area contributed by atoms with E-state index >= 15 is 0 Å². The summed E-state index contributed by atoms with van der Waals surface area (Å²) in [6.45, 7) is -0.0778. The molecule has 0 amide bonds. The highest BCUT2D eigenvalue weighted by atomic mass is 32.2. The van der Waals surface area contributed by atoms with Crippen LogP contribution in [0.25, 0.3) is 5.82 Å². The molecule has 24 heavy (non-hydrogen) atoms. The molecule has 9 heteroatoms. The molecule has 0 aliphatic rings. The summed E-state index contributed by atoms with van der Waals surface area (Å²) in [5.41, 5.74) is 0.581. The highest BCUT2D eigenvalue weighted by Crippen LogP contribution is 2.15. The maximum atomic E-state index is 13.6. The van der Waals surface area contributed by atoms with Crippen LogP contribution < -0.4 is 4.72 Å². The van der Waals surface area contributed by atoms with E-state index in [9.17, 15) is 17.2 Å². The Kier molecular flexibility index (Phi) is 4.36. The van der Waals surface area contributed by atoms with Crippen molar-refractivity contribution in [1.82, 2.24) is 19.5 Å². The van der Waals surface area contributed by atoms with E-state index in [1.165, 1.54) is 6.20 Å². The monoisotopic (exact) mass is 350 g/mol. The maximum absolute atomic E-state index is 13.6. The molecule has 1 N–H and O–H groups in total. The molecule has 0 spiro atoms. The van der Waals surface area contributed by atoms with E-state index < -0.39 is 26.6 Å². The van der Waals surface area contributed by atoms with Crippen LogP contribution in [0.5, 0.6) is 0 Å². The lowest BCUT2D eigenvalue weighted by Gasteiger charge is -2.08. The summed E-state index contributed by atoms with van der Waals surface area (Å²) in [6.07, 6.45) is 4.82. The quantitative estimate of drug-likeness (QED) is 0.764. The Labute approximate surface area is 136 Å². The molecule has 0 aliphatic carbocycles. The zero-order chi connectivity index (χ0) is 17.2. The molecule has 2 heterocycles. The smallest absolute Gasteiger partial charge is 0.237 e. The van der Waals surface area contributed by atoms with Crippen molar-refractivity contribution in [2.45, 2.75) is 11.4 Å². The maximum Gasteiger partial charge on any atom is 0.243 e. The van der Waals surface area contributed by atoms with Crippen molar-refractivity contribution in [2.24, 2.45) is 0 Å². The Morgan fingerprint density at radius 1 is 1.17 bits per heavy atom. The van der Waals surface area contributed by atoms with Gasteiger partial charge in [0.2, 0.25) is 10.0 Å². The van der Waals surface area contributed by atoms with E-state index in [0.29, 0.717) is 17.4 Å². The van der Waals surface area contributed by atoms with Gasteiger partial charge < -0.3 is 0 Å². The summed E-state index contributed by atoms with van der Waals surface area (Å²) in [5.74, 6) is -1.41. The van der Waals surface area contributed by atoms with Gasteiger partial charge in [0, 0.05) is 31.2 Å². The molecular weight excluding hydrogens is 338 g/mol. The molecule has 0 bridgehead atoms. The zero-order valence-electron chi connectivity index (χ0n) is 12.2. The van der Waals surface area contributed by atoms with E-state index in [1.54, 1.807) is 35.3 Å². The number of hydrogen-bond donors (Lipinski definition) is 1. The molecule has 0 radical (unpaired) electrons. The minimum Gasteiger partial charge on any atom is -0.237 e. The van der Waals surface area contributed by atoms with Gasteiger partial charge in [-0.25, -0.2) is 31.6 Å². The summed E-state index contributed by atoms with van der Waals surface area (Å²) in [5, 5.41) is 4.03. The van der Waals surface area contributed by atoms with Gasteiger partial charge >= 0.3 is 0 Å². The second kappa shape index (κ2) is 6.46. The van der Waals surface area contributed by atoms with Gasteiger partial charge in [-0.3, -0.25) is 0 Å². The van der Waals surface area contributed by atoms with Crippen LogP contribution in [0.2, 0.25) is 0 Å². The van der Waals surface area contributed by atoms with Crippen molar-refractivity contribution in [3.05, 3.63) is 72.2 Å². The van der Waals surface area contributed by atoms with Crippen molar-refractivity contribution in [3.63, 3.8) is 0 Å². The van der Waals surface area contributed by atoms with Gasteiger partial charge in [-0.1, -0.05) is 6.07 Å². The predicted octanol–water partition coefficient (Wildman–Crippen LogP) is 2.02. The van der Waals surface area contributed by atoms with Crippen LogP contribution in [-0.2, 0) is 16.6 Å². The van der Waals surface area contributed by atoms with Gasteiger partial charge in [0.05, 0.1) is 0 Å². The topological polar surface area (TPSA) is 76.9 Å². The Hall–Kier alpha value is -2.65. The molecule has 0 saturated carbocycles. The van der Waals surface area contributed by atoms with Crippen LogP contribution in [0, 0.1) is 11.6 Å². The van der Waals surface area contributed by atoms with E-state index in [-0.39, 0.29) is 6.54 Å². The lowest BCUT2D eigenvalue weighted by molar-refractivity contribution is 0.543. The van der Waals surface area contributed by atoms with Crippen LogP contribution in [-0.4, -0.2) is 23.2 Å². The second-order valence-electron chi connectivity index (χ2n) is 4.87. The Morgan fingerprint density at radius 3 is 2.62 bits per heavy atom. The van der Waals surface area contributed by atoms with E-state index in [2.05, 4.69) is 14.8 Å². The van der Waals surface area contributed by atoms with Crippen molar-refractivity contribution in [1.29, 1.82) is 0 Å². The van der Waals surface area contributed by atoms with Gasteiger partial charge in [-0.15, -0.1) is 0 Å². The number of benzene rings is 1. The molecule has 2 aromatic heterocycles. The lowest BCUT2D eigenvalue weighted by Crippen LogP contribution is -2.24. The highest BCUT2D eigenvalue weighted by Gasteiger charge is 2.19. The summed E-state index contributed by atoms with van der Waals surface area (Å²) >= 11 is 0. The first-order valence-corrected chi connectivity index (χ1v) is 8.34.